The highest BCUT2D eigenvalue weighted by Crippen LogP contribution is 2.15. The van der Waals surface area contributed by atoms with Crippen LogP contribution in [0.15, 0.2) is 24.3 Å². The van der Waals surface area contributed by atoms with Gasteiger partial charge in [0.15, 0.2) is 0 Å². The van der Waals surface area contributed by atoms with E-state index in [0.29, 0.717) is 18.1 Å². The third kappa shape index (κ3) is 30.5. The van der Waals surface area contributed by atoms with E-state index in [9.17, 15) is 9.59 Å². The monoisotopic (exact) mass is 522 g/mol. The predicted molar refractivity (Wildman–Crippen MR) is 160 cm³/mol. The molecule has 0 bridgehead atoms. The molecule has 218 valence electrons. The van der Waals surface area contributed by atoms with Crippen molar-refractivity contribution >= 4 is 11.9 Å². The van der Waals surface area contributed by atoms with Crippen LogP contribution in [0.5, 0.6) is 0 Å². The molecule has 0 saturated carbocycles. The van der Waals surface area contributed by atoms with E-state index in [4.69, 9.17) is 9.84 Å². The van der Waals surface area contributed by atoms with Gasteiger partial charge in [-0.1, -0.05) is 149 Å². The third-order valence-electron chi connectivity index (χ3n) is 7.02. The summed E-state index contributed by atoms with van der Waals surface area (Å²) in [5, 5.41) is 8.75. The van der Waals surface area contributed by atoms with Gasteiger partial charge in [0, 0.05) is 11.6 Å². The minimum absolute atomic E-state index is 0.310. The van der Waals surface area contributed by atoms with E-state index in [0.717, 1.165) is 25.7 Å². The first kappa shape index (κ1) is 37.6. The highest BCUT2D eigenvalue weighted by atomic mass is 16.5. The number of hydrogen-bond acceptors (Lipinski definition) is 3. The number of ether oxygens (including phenoxy) is 1. The molecule has 37 heavy (non-hydrogen) atoms. The maximum atomic E-state index is 10.8. The molecule has 0 aromatic heterocycles. The highest BCUT2D eigenvalue weighted by molar-refractivity contribution is 5.85. The quantitative estimate of drug-likeness (QED) is 0.0735. The van der Waals surface area contributed by atoms with Gasteiger partial charge < -0.3 is 9.84 Å². The lowest BCUT2D eigenvalue weighted by Gasteiger charge is -2.13. The zero-order valence-corrected chi connectivity index (χ0v) is 25.2. The van der Waals surface area contributed by atoms with E-state index >= 15 is 0 Å². The Morgan fingerprint density at radius 3 is 1.54 bits per heavy atom. The molecule has 0 aliphatic carbocycles. The summed E-state index contributed by atoms with van der Waals surface area (Å²) < 4.78 is 4.98. The minimum atomic E-state index is -0.786. The first-order chi connectivity index (χ1) is 17.9. The van der Waals surface area contributed by atoms with Crippen molar-refractivity contribution in [2.45, 2.75) is 163 Å². The summed E-state index contributed by atoms with van der Waals surface area (Å²) in [5.74, 6) is -0.578. The van der Waals surface area contributed by atoms with Gasteiger partial charge in [-0.15, -0.1) is 0 Å². The lowest BCUT2D eigenvalue weighted by Crippen LogP contribution is -2.12. The fraction of sp³-hybridized carbons (Fsp3) is 0.818. The Labute approximate surface area is 230 Å². The van der Waals surface area contributed by atoms with E-state index in [1.165, 1.54) is 115 Å². The fourth-order valence-electron chi connectivity index (χ4n) is 4.26. The third-order valence-corrected chi connectivity index (χ3v) is 7.02. The van der Waals surface area contributed by atoms with Gasteiger partial charge in [-0.05, 0) is 32.1 Å². The number of rotatable bonds is 25. The maximum Gasteiger partial charge on any atom is 0.330 e. The number of carboxylic acids is 1. The summed E-state index contributed by atoms with van der Waals surface area (Å²) >= 11 is 0. The topological polar surface area (TPSA) is 63.6 Å². The predicted octanol–water partition coefficient (Wildman–Crippen LogP) is 10.6. The van der Waals surface area contributed by atoms with Crippen LogP contribution in [0.1, 0.15) is 163 Å². The normalized spacial score (nSPS) is 11.9. The fourth-order valence-corrected chi connectivity index (χ4v) is 4.26. The van der Waals surface area contributed by atoms with Crippen molar-refractivity contribution in [2.75, 3.05) is 6.61 Å². The molecule has 0 heterocycles. The second-order valence-electron chi connectivity index (χ2n) is 10.5. The molecule has 1 unspecified atom stereocenters. The van der Waals surface area contributed by atoms with Gasteiger partial charge in [-0.3, -0.25) is 0 Å². The number of carbonyl (C=O) groups excluding carboxylic acids is 1. The molecule has 0 aromatic rings. The van der Waals surface area contributed by atoms with Crippen LogP contribution in [-0.2, 0) is 14.3 Å². The molecule has 0 saturated heterocycles. The molecule has 0 aliphatic heterocycles. The number of carboxylic acid groups (broad SMARTS) is 1. The van der Waals surface area contributed by atoms with Crippen LogP contribution in [0.25, 0.3) is 0 Å². The van der Waals surface area contributed by atoms with E-state index in [1.54, 1.807) is 6.92 Å². The number of hydrogen-bond donors (Lipinski definition) is 1. The van der Waals surface area contributed by atoms with Crippen molar-refractivity contribution in [1.29, 1.82) is 0 Å². The first-order valence-corrected chi connectivity index (χ1v) is 15.6. The molecule has 0 aliphatic rings. The van der Waals surface area contributed by atoms with Gasteiger partial charge in [0.2, 0.25) is 0 Å². The standard InChI is InChI=1S/C22H42O2.C11H20O2/c1-3-4-5-6-7-8-9-10-11-12-13-14-15-16-17-18-19-20-21(2)22(23)24;1-4-7-8-10(5-2)9-13-11(12)6-3/h20H,3-19H2,1-2H3,(H,23,24);6,10H,3-5,7-9H2,1-2H3. The number of allylic oxidation sites excluding steroid dienone is 1. The lowest BCUT2D eigenvalue weighted by molar-refractivity contribution is -0.139. The number of unbranched alkanes of at least 4 members (excludes halogenated alkanes) is 17. The molecule has 0 amide bonds. The smallest absolute Gasteiger partial charge is 0.330 e. The molecule has 4 nitrogen and oxygen atoms in total. The van der Waals surface area contributed by atoms with Crippen molar-refractivity contribution in [2.24, 2.45) is 5.92 Å². The van der Waals surface area contributed by atoms with E-state index in [1.807, 2.05) is 6.08 Å². The van der Waals surface area contributed by atoms with Gasteiger partial charge >= 0.3 is 11.9 Å². The minimum Gasteiger partial charge on any atom is -0.478 e. The van der Waals surface area contributed by atoms with Crippen LogP contribution in [0, 0.1) is 5.92 Å². The van der Waals surface area contributed by atoms with Gasteiger partial charge in [0.1, 0.15) is 0 Å². The summed E-state index contributed by atoms with van der Waals surface area (Å²) in [6.07, 6.45) is 30.7. The summed E-state index contributed by atoms with van der Waals surface area (Å²) in [5.41, 5.74) is 0.482. The van der Waals surface area contributed by atoms with Crippen LogP contribution in [0.2, 0.25) is 0 Å². The zero-order chi connectivity index (χ0) is 28.0. The molecule has 4 heteroatoms. The van der Waals surface area contributed by atoms with Crippen LogP contribution in [-0.4, -0.2) is 23.7 Å². The SMILES string of the molecule is C=CC(=O)OCC(CC)CCCC.CCCCCCCCCCCCCCCCCCC=C(C)C(=O)O. The maximum absolute atomic E-state index is 10.8. The summed E-state index contributed by atoms with van der Waals surface area (Å²) in [6.45, 7) is 12.1. The molecular weight excluding hydrogens is 460 g/mol. The average Bonchev–Trinajstić information content (AvgIpc) is 2.90. The van der Waals surface area contributed by atoms with Gasteiger partial charge in [0.25, 0.3) is 0 Å². The number of esters is 1. The Morgan fingerprint density at radius 2 is 1.16 bits per heavy atom. The Hall–Kier alpha value is -1.58. The van der Waals surface area contributed by atoms with Crippen molar-refractivity contribution in [3.63, 3.8) is 0 Å². The number of aliphatic carboxylic acids is 1. The Kier molecular flexibility index (Phi) is 31.1. The van der Waals surface area contributed by atoms with Crippen LogP contribution in [0.3, 0.4) is 0 Å². The molecule has 0 rings (SSSR count). The summed E-state index contributed by atoms with van der Waals surface area (Å²) in [6, 6.07) is 0. The van der Waals surface area contributed by atoms with E-state index in [-0.39, 0.29) is 5.97 Å². The largest absolute Gasteiger partial charge is 0.478 e. The second kappa shape index (κ2) is 30.6. The van der Waals surface area contributed by atoms with Crippen LogP contribution >= 0.6 is 0 Å². The average molecular weight is 523 g/mol. The molecule has 1 N–H and O–H groups in total. The van der Waals surface area contributed by atoms with Crippen molar-refractivity contribution in [3.8, 4) is 0 Å². The molecule has 1 atom stereocenters. The second-order valence-corrected chi connectivity index (χ2v) is 10.5. The van der Waals surface area contributed by atoms with Gasteiger partial charge in [-0.2, -0.15) is 0 Å². The van der Waals surface area contributed by atoms with E-state index < -0.39 is 5.97 Å². The van der Waals surface area contributed by atoms with Crippen molar-refractivity contribution in [3.05, 3.63) is 24.3 Å². The molecule has 0 radical (unpaired) electrons. The van der Waals surface area contributed by atoms with Crippen LogP contribution in [0.4, 0.5) is 0 Å². The zero-order valence-electron chi connectivity index (χ0n) is 25.2. The van der Waals surface area contributed by atoms with Gasteiger partial charge in [-0.25, -0.2) is 9.59 Å². The summed E-state index contributed by atoms with van der Waals surface area (Å²) in [7, 11) is 0. The van der Waals surface area contributed by atoms with Gasteiger partial charge in [0.05, 0.1) is 6.61 Å². The molecule has 0 spiro atoms. The Morgan fingerprint density at radius 1 is 0.730 bits per heavy atom. The Balaban J connectivity index is 0. The molecule has 0 fully saturated rings. The number of carbonyl (C=O) groups is 2. The molecule has 0 aromatic carbocycles. The molecular formula is C33H62O4. The first-order valence-electron chi connectivity index (χ1n) is 15.6. The lowest BCUT2D eigenvalue weighted by atomic mass is 10.0. The van der Waals surface area contributed by atoms with Crippen LogP contribution < -0.4 is 0 Å². The Bertz CT molecular complexity index is 553. The summed E-state index contributed by atoms with van der Waals surface area (Å²) in [4.78, 5) is 21.4. The van der Waals surface area contributed by atoms with Crippen molar-refractivity contribution in [1.82, 2.24) is 0 Å². The highest BCUT2D eigenvalue weighted by Gasteiger charge is 2.07. The van der Waals surface area contributed by atoms with Crippen molar-refractivity contribution < 1.29 is 19.4 Å². The van der Waals surface area contributed by atoms with E-state index in [2.05, 4.69) is 27.4 Å².